The molecule has 2 aromatic heterocycles. The molecule has 322 valence electrons. The number of nitrogens with one attached hydrogen (secondary N) is 5. The van der Waals surface area contributed by atoms with E-state index >= 15 is 0 Å². The molecule has 0 spiro atoms. The van der Waals surface area contributed by atoms with Crippen LogP contribution in [-0.2, 0) is 25.7 Å². The molecule has 0 bridgehead atoms. The highest BCUT2D eigenvalue weighted by atomic mass is 16.5. The molecule has 0 unspecified atom stereocenters. The first-order chi connectivity index (χ1) is 30.0. The average Bonchev–Trinajstić information content (AvgIpc) is 3.99. The first-order valence-electron chi connectivity index (χ1n) is 20.2. The second-order valence-corrected chi connectivity index (χ2v) is 14.4. The number of amides is 4. The van der Waals surface area contributed by atoms with E-state index in [4.69, 9.17) is 14.2 Å². The van der Waals surface area contributed by atoms with Crippen molar-refractivity contribution in [2.45, 2.75) is 34.2 Å². The minimum absolute atomic E-state index is 0.0327. The molecule has 6 rings (SSSR count). The minimum Gasteiger partial charge on any atom is -0.497 e. The van der Waals surface area contributed by atoms with Crippen molar-refractivity contribution >= 4 is 52.8 Å². The number of anilines is 2. The van der Waals surface area contributed by atoms with E-state index in [2.05, 4.69) is 49.9 Å². The Labute approximate surface area is 359 Å². The Kier molecular flexibility index (Phi) is 14.7. The number of carbonyl (C=O) groups excluding carboxylic acids is 5. The lowest BCUT2D eigenvalue weighted by Crippen LogP contribution is -2.37. The van der Waals surface area contributed by atoms with Gasteiger partial charge in [0.1, 0.15) is 18.1 Å². The highest BCUT2D eigenvalue weighted by Gasteiger charge is 2.27. The highest BCUT2D eigenvalue weighted by molar-refractivity contribution is 6.35. The number of likely N-dealkylation sites (N-methyl/N-ethyl adjacent to an activating group) is 1. The molecule has 16 nitrogen and oxygen atoms in total. The van der Waals surface area contributed by atoms with Crippen LogP contribution in [0.15, 0.2) is 91.3 Å². The van der Waals surface area contributed by atoms with Crippen LogP contribution in [0.25, 0.3) is 22.8 Å². The van der Waals surface area contributed by atoms with E-state index in [0.29, 0.717) is 57.3 Å². The zero-order valence-electron chi connectivity index (χ0n) is 35.3. The fourth-order valence-electron chi connectivity index (χ4n) is 6.92. The molecule has 16 heteroatoms. The van der Waals surface area contributed by atoms with Gasteiger partial charge in [-0.2, -0.15) is 5.10 Å². The smallest absolute Gasteiger partial charge is 0.336 e. The number of hydrogen-bond donors (Lipinski definition) is 5. The van der Waals surface area contributed by atoms with Crippen LogP contribution >= 0.6 is 0 Å². The molecule has 5 N–H and O–H groups in total. The number of fused-ring (bicyclic) bond motifs is 1. The summed E-state index contributed by atoms with van der Waals surface area (Å²) < 4.78 is 16.2. The van der Waals surface area contributed by atoms with Crippen molar-refractivity contribution in [2.75, 3.05) is 57.1 Å². The number of ether oxygens (including phenoxy) is 3. The van der Waals surface area contributed by atoms with Gasteiger partial charge in [0.2, 0.25) is 0 Å². The first-order valence-corrected chi connectivity index (χ1v) is 20.2. The molecular weight excluding hydrogens is 793 g/mol. The molecule has 0 radical (unpaired) electrons. The van der Waals surface area contributed by atoms with Gasteiger partial charge in [-0.25, -0.2) is 14.4 Å². The van der Waals surface area contributed by atoms with Gasteiger partial charge in [0.05, 0.1) is 31.0 Å². The van der Waals surface area contributed by atoms with Gasteiger partial charge in [0.15, 0.2) is 0 Å². The Hall–Kier alpha value is -7.46. The second kappa shape index (κ2) is 20.7. The molecule has 1 aliphatic heterocycles. The summed E-state index contributed by atoms with van der Waals surface area (Å²) in [5.41, 5.74) is 7.00. The predicted molar refractivity (Wildman–Crippen MR) is 236 cm³/mol. The van der Waals surface area contributed by atoms with Gasteiger partial charge in [-0.05, 0) is 92.2 Å². The Morgan fingerprint density at radius 2 is 1.66 bits per heavy atom. The van der Waals surface area contributed by atoms with E-state index in [-0.39, 0.29) is 37.3 Å². The normalized spacial score (nSPS) is 12.6. The summed E-state index contributed by atoms with van der Waals surface area (Å²) in [5.74, 6) is -1.46. The Morgan fingerprint density at radius 3 is 2.39 bits per heavy atom. The number of carbonyl (C=O) groups is 5. The van der Waals surface area contributed by atoms with Crippen molar-refractivity contribution in [3.8, 4) is 22.6 Å². The third-order valence-corrected chi connectivity index (χ3v) is 10.3. The van der Waals surface area contributed by atoms with Crippen LogP contribution in [0.5, 0.6) is 11.5 Å². The van der Waals surface area contributed by atoms with Gasteiger partial charge in [-0.3, -0.25) is 14.7 Å². The van der Waals surface area contributed by atoms with Crippen molar-refractivity contribution in [1.29, 1.82) is 0 Å². The Balaban J connectivity index is 1.05. The van der Waals surface area contributed by atoms with E-state index in [1.807, 2.05) is 37.3 Å². The summed E-state index contributed by atoms with van der Waals surface area (Å²) in [4.78, 5) is 72.1. The van der Waals surface area contributed by atoms with Crippen molar-refractivity contribution in [2.24, 2.45) is 0 Å². The number of aromatic nitrogens is 3. The largest absolute Gasteiger partial charge is 0.497 e. The average molecular weight is 843 g/mol. The molecule has 0 fully saturated rings. The summed E-state index contributed by atoms with van der Waals surface area (Å²) in [6.45, 7) is 10.9. The molecule has 0 saturated carbocycles. The van der Waals surface area contributed by atoms with E-state index in [1.165, 1.54) is 11.0 Å². The van der Waals surface area contributed by atoms with Gasteiger partial charge < -0.3 is 44.9 Å². The molecule has 0 saturated heterocycles. The van der Waals surface area contributed by atoms with Crippen LogP contribution < -0.4 is 25.4 Å². The Bertz CT molecular complexity index is 2470. The quantitative estimate of drug-likeness (QED) is 0.0377. The zero-order valence-corrected chi connectivity index (χ0v) is 35.3. The number of aromatic amines is 2. The molecular formula is C46H50N8O8. The molecule has 3 heterocycles. The molecule has 3 aromatic carbocycles. The van der Waals surface area contributed by atoms with Crippen LogP contribution in [0.3, 0.4) is 0 Å². The third kappa shape index (κ3) is 11.2. The van der Waals surface area contributed by atoms with Crippen molar-refractivity contribution < 1.29 is 38.2 Å². The highest BCUT2D eigenvalue weighted by Crippen LogP contribution is 2.36. The number of nitrogens with zero attached hydrogens (tertiary/aromatic N) is 3. The van der Waals surface area contributed by atoms with Gasteiger partial charge >= 0.3 is 18.0 Å². The summed E-state index contributed by atoms with van der Waals surface area (Å²) in [6.07, 6.45) is 7.02. The molecule has 0 aliphatic carbocycles. The van der Waals surface area contributed by atoms with Gasteiger partial charge in [0.25, 0.3) is 11.8 Å². The van der Waals surface area contributed by atoms with Gasteiger partial charge in [0, 0.05) is 71.9 Å². The van der Waals surface area contributed by atoms with E-state index in [9.17, 15) is 24.0 Å². The monoisotopic (exact) mass is 842 g/mol. The lowest BCUT2D eigenvalue weighted by molar-refractivity contribution is -0.138. The summed E-state index contributed by atoms with van der Waals surface area (Å²) in [5, 5.41) is 15.4. The minimum atomic E-state index is -0.852. The number of urea groups is 1. The maximum Gasteiger partial charge on any atom is 0.336 e. The molecule has 62 heavy (non-hydrogen) atoms. The predicted octanol–water partition coefficient (Wildman–Crippen LogP) is 6.33. The number of benzene rings is 3. The van der Waals surface area contributed by atoms with Crippen LogP contribution in [0.1, 0.15) is 52.3 Å². The molecule has 0 atom stereocenters. The number of esters is 2. The van der Waals surface area contributed by atoms with Crippen molar-refractivity contribution in [3.05, 3.63) is 125 Å². The van der Waals surface area contributed by atoms with Crippen LogP contribution in [0.2, 0.25) is 0 Å². The number of rotatable bonds is 18. The Morgan fingerprint density at radius 1 is 0.887 bits per heavy atom. The third-order valence-electron chi connectivity index (χ3n) is 10.3. The molecule has 4 amide bonds. The fraction of sp³-hybridized carbons (Fsp3) is 0.261. The zero-order chi connectivity index (χ0) is 44.2. The second-order valence-electron chi connectivity index (χ2n) is 14.4. The van der Waals surface area contributed by atoms with E-state index < -0.39 is 18.0 Å². The lowest BCUT2D eigenvalue weighted by atomic mass is 10.0. The summed E-state index contributed by atoms with van der Waals surface area (Å²) >= 11 is 0. The van der Waals surface area contributed by atoms with Crippen molar-refractivity contribution in [1.82, 2.24) is 30.3 Å². The van der Waals surface area contributed by atoms with E-state index in [1.54, 1.807) is 62.8 Å². The fourth-order valence-corrected chi connectivity index (χ4v) is 6.92. The standard InChI is InChI=1S/C46H50N8O8/c1-6-53(7-2)20-19-47-45(58)43-29(3)40(50-30(43)4)25-38-37-24-36(15-16-39(37)52-44(38)57)62-42(56)18-17-41(55)61-22-21-54(28-31-9-8-10-35(23-31)60-5)46(59)51-34-13-11-32(12-14-34)33-26-48-49-27-33/h8-18,23-27,50H,6-7,19-22,28H2,1-5H3,(H,47,58)(H,48,49)(H,51,59)(H,52,57)/b18-17-,38-25-. The summed E-state index contributed by atoms with van der Waals surface area (Å²) in [7, 11) is 1.56. The SMILES string of the molecule is CCN(CC)CCNC(=O)c1c(C)[nH]c(/C=C2\C(=O)Nc3ccc(OC(=O)/C=C\C(=O)OCCN(Cc4cccc(OC)c4)C(=O)Nc4ccc(-c5cn[nH]c5)cc4)cc32)c1C. The van der Waals surface area contributed by atoms with Crippen molar-refractivity contribution in [3.63, 3.8) is 0 Å². The number of hydrogen-bond acceptors (Lipinski definition) is 10. The maximum atomic E-state index is 13.5. The molecule has 1 aliphatic rings. The first kappa shape index (κ1) is 44.1. The maximum absolute atomic E-state index is 13.5. The summed E-state index contributed by atoms with van der Waals surface area (Å²) in [6, 6.07) is 18.8. The molecule has 5 aromatic rings. The lowest BCUT2D eigenvalue weighted by Gasteiger charge is -2.23. The van der Waals surface area contributed by atoms with Gasteiger partial charge in [-0.15, -0.1) is 0 Å². The number of methoxy groups -OCH3 is 1. The number of H-pyrrole nitrogens is 2. The topological polar surface area (TPSA) is 200 Å². The van der Waals surface area contributed by atoms with Gasteiger partial charge in [-0.1, -0.05) is 38.1 Å². The van der Waals surface area contributed by atoms with Crippen LogP contribution in [-0.4, -0.2) is 101 Å². The van der Waals surface area contributed by atoms with E-state index in [0.717, 1.165) is 48.5 Å². The number of aryl methyl sites for hydroxylation is 1. The van der Waals surface area contributed by atoms with Crippen LogP contribution in [0, 0.1) is 13.8 Å². The van der Waals surface area contributed by atoms with Crippen LogP contribution in [0.4, 0.5) is 16.2 Å².